The molecule has 0 spiro atoms. The normalized spacial score (nSPS) is 18.5. The maximum Gasteiger partial charge on any atom is 0.257 e. The van der Waals surface area contributed by atoms with Crippen LogP contribution in [0, 0.1) is 0 Å². The van der Waals surface area contributed by atoms with Crippen LogP contribution in [0.2, 0.25) is 0 Å². The number of ether oxygens (including phenoxy) is 1. The highest BCUT2D eigenvalue weighted by Gasteiger charge is 2.24. The minimum absolute atomic E-state index is 0.0725. The number of amides is 1. The van der Waals surface area contributed by atoms with E-state index in [1.165, 1.54) is 12.1 Å². The first-order valence-electron chi connectivity index (χ1n) is 6.55. The number of phenols is 2. The number of carbonyl (C=O) groups excluding carboxylic acids is 1. The second-order valence-electron chi connectivity index (χ2n) is 4.65. The number of likely N-dealkylation sites (N-methyl/N-ethyl adjacent to an activating group) is 1. The van der Waals surface area contributed by atoms with Crippen molar-refractivity contribution in [2.24, 2.45) is 0 Å². The highest BCUT2D eigenvalue weighted by molar-refractivity contribution is 5.97. The van der Waals surface area contributed by atoms with Gasteiger partial charge >= 0.3 is 0 Å². The molecule has 1 heterocycles. The summed E-state index contributed by atoms with van der Waals surface area (Å²) >= 11 is 0. The molecule has 1 aromatic carbocycles. The van der Waals surface area contributed by atoms with E-state index in [1.807, 2.05) is 6.92 Å². The Hall–Kier alpha value is -1.75. The van der Waals surface area contributed by atoms with E-state index in [1.54, 1.807) is 11.0 Å². The summed E-state index contributed by atoms with van der Waals surface area (Å²) in [7, 11) is 0. The van der Waals surface area contributed by atoms with Gasteiger partial charge in [0.2, 0.25) is 0 Å². The molecule has 0 aliphatic carbocycles. The molecule has 2 rings (SSSR count). The molecule has 0 saturated carbocycles. The molecule has 1 aliphatic rings. The van der Waals surface area contributed by atoms with Gasteiger partial charge in [-0.05, 0) is 31.9 Å². The van der Waals surface area contributed by atoms with Crippen molar-refractivity contribution in [2.45, 2.75) is 25.9 Å². The fourth-order valence-electron chi connectivity index (χ4n) is 2.26. The molecule has 1 atom stereocenters. The van der Waals surface area contributed by atoms with Crippen LogP contribution in [0.4, 0.5) is 0 Å². The molecule has 5 nitrogen and oxygen atoms in total. The van der Waals surface area contributed by atoms with Gasteiger partial charge in [0.25, 0.3) is 5.91 Å². The number of rotatable bonds is 4. The summed E-state index contributed by atoms with van der Waals surface area (Å²) in [4.78, 5) is 14.0. The standard InChI is InChI=1S/C14H19NO4/c1-2-15(9-10-5-4-8-19-10)14(18)11-6-3-7-12(16)13(11)17/h3,6-7,10,16-17H,2,4-5,8-9H2,1H3. The van der Waals surface area contributed by atoms with E-state index in [2.05, 4.69) is 0 Å². The fourth-order valence-corrected chi connectivity index (χ4v) is 2.26. The minimum Gasteiger partial charge on any atom is -0.504 e. The van der Waals surface area contributed by atoms with Crippen LogP contribution in [0.1, 0.15) is 30.1 Å². The first-order chi connectivity index (χ1) is 9.13. The molecule has 0 radical (unpaired) electrons. The second-order valence-corrected chi connectivity index (χ2v) is 4.65. The minimum atomic E-state index is -0.363. The van der Waals surface area contributed by atoms with Crippen LogP contribution in [0.5, 0.6) is 11.5 Å². The Morgan fingerprint density at radius 2 is 2.26 bits per heavy atom. The highest BCUT2D eigenvalue weighted by Crippen LogP contribution is 2.29. The molecular formula is C14H19NO4. The molecule has 1 aromatic rings. The number of aromatic hydroxyl groups is 2. The van der Waals surface area contributed by atoms with Gasteiger partial charge in [0.1, 0.15) is 0 Å². The van der Waals surface area contributed by atoms with Crippen molar-refractivity contribution in [1.82, 2.24) is 4.90 Å². The quantitative estimate of drug-likeness (QED) is 0.814. The van der Waals surface area contributed by atoms with Crippen molar-refractivity contribution in [3.8, 4) is 11.5 Å². The lowest BCUT2D eigenvalue weighted by atomic mass is 10.1. The molecule has 1 saturated heterocycles. The lowest BCUT2D eigenvalue weighted by Gasteiger charge is -2.24. The average molecular weight is 265 g/mol. The van der Waals surface area contributed by atoms with Crippen LogP contribution in [-0.2, 0) is 4.74 Å². The lowest BCUT2D eigenvalue weighted by Crippen LogP contribution is -2.37. The molecule has 0 aromatic heterocycles. The molecule has 104 valence electrons. The maximum absolute atomic E-state index is 12.3. The van der Waals surface area contributed by atoms with Crippen LogP contribution in [-0.4, -0.2) is 46.8 Å². The molecule has 1 amide bonds. The largest absolute Gasteiger partial charge is 0.504 e. The topological polar surface area (TPSA) is 70.0 Å². The Bertz CT molecular complexity index is 455. The highest BCUT2D eigenvalue weighted by atomic mass is 16.5. The number of nitrogens with zero attached hydrogens (tertiary/aromatic N) is 1. The molecule has 5 heteroatoms. The molecule has 2 N–H and O–H groups in total. The number of phenolic OH excluding ortho intramolecular Hbond substituents is 2. The average Bonchev–Trinajstić information content (AvgIpc) is 2.91. The van der Waals surface area contributed by atoms with E-state index in [9.17, 15) is 15.0 Å². The first kappa shape index (κ1) is 13.7. The van der Waals surface area contributed by atoms with Crippen molar-refractivity contribution >= 4 is 5.91 Å². The van der Waals surface area contributed by atoms with E-state index in [0.29, 0.717) is 13.1 Å². The van der Waals surface area contributed by atoms with Gasteiger partial charge in [-0.25, -0.2) is 0 Å². The van der Waals surface area contributed by atoms with Crippen LogP contribution >= 0.6 is 0 Å². The van der Waals surface area contributed by atoms with Gasteiger partial charge in [-0.2, -0.15) is 0 Å². The third-order valence-corrected chi connectivity index (χ3v) is 3.36. The van der Waals surface area contributed by atoms with E-state index >= 15 is 0 Å². The van der Waals surface area contributed by atoms with E-state index in [0.717, 1.165) is 19.4 Å². The molecule has 1 unspecified atom stereocenters. The molecular weight excluding hydrogens is 246 g/mol. The molecule has 1 aliphatic heterocycles. The van der Waals surface area contributed by atoms with E-state index < -0.39 is 0 Å². The van der Waals surface area contributed by atoms with Gasteiger partial charge in [0, 0.05) is 19.7 Å². The Morgan fingerprint density at radius 3 is 2.89 bits per heavy atom. The van der Waals surface area contributed by atoms with Gasteiger partial charge < -0.3 is 19.8 Å². The van der Waals surface area contributed by atoms with Crippen molar-refractivity contribution in [3.05, 3.63) is 23.8 Å². The monoisotopic (exact) mass is 265 g/mol. The third-order valence-electron chi connectivity index (χ3n) is 3.36. The van der Waals surface area contributed by atoms with Crippen LogP contribution in [0.15, 0.2) is 18.2 Å². The number of benzene rings is 1. The predicted octanol–water partition coefficient (Wildman–Crippen LogP) is 1.74. The zero-order valence-corrected chi connectivity index (χ0v) is 11.0. The van der Waals surface area contributed by atoms with Crippen molar-refractivity contribution in [2.75, 3.05) is 19.7 Å². The molecule has 0 bridgehead atoms. The fraction of sp³-hybridized carbons (Fsp3) is 0.500. The number of hydrogen-bond acceptors (Lipinski definition) is 4. The van der Waals surface area contributed by atoms with Gasteiger partial charge in [0.15, 0.2) is 11.5 Å². The molecule has 19 heavy (non-hydrogen) atoms. The summed E-state index contributed by atoms with van der Waals surface area (Å²) in [5.74, 6) is -0.927. The first-order valence-corrected chi connectivity index (χ1v) is 6.55. The summed E-state index contributed by atoms with van der Waals surface area (Å²) in [5, 5.41) is 19.2. The Labute approximate surface area is 112 Å². The smallest absolute Gasteiger partial charge is 0.257 e. The van der Waals surface area contributed by atoms with E-state index in [4.69, 9.17) is 4.74 Å². The molecule has 1 fully saturated rings. The van der Waals surface area contributed by atoms with Gasteiger partial charge in [0.05, 0.1) is 11.7 Å². The summed E-state index contributed by atoms with van der Waals surface area (Å²) in [5.41, 5.74) is 0.125. The van der Waals surface area contributed by atoms with Crippen molar-refractivity contribution < 1.29 is 19.7 Å². The Morgan fingerprint density at radius 1 is 1.47 bits per heavy atom. The zero-order chi connectivity index (χ0) is 13.8. The number of para-hydroxylation sites is 1. The maximum atomic E-state index is 12.3. The summed E-state index contributed by atoms with van der Waals surface area (Å²) in [6, 6.07) is 4.40. The van der Waals surface area contributed by atoms with Crippen LogP contribution in [0.25, 0.3) is 0 Å². The Balaban J connectivity index is 2.13. The van der Waals surface area contributed by atoms with Crippen molar-refractivity contribution in [1.29, 1.82) is 0 Å². The third kappa shape index (κ3) is 2.98. The van der Waals surface area contributed by atoms with Gasteiger partial charge in [-0.15, -0.1) is 0 Å². The summed E-state index contributed by atoms with van der Waals surface area (Å²) in [6.45, 7) is 3.68. The SMILES string of the molecule is CCN(CC1CCCO1)C(=O)c1cccc(O)c1O. The summed E-state index contributed by atoms with van der Waals surface area (Å²) in [6.07, 6.45) is 2.05. The number of carbonyl (C=O) groups is 1. The van der Waals surface area contributed by atoms with Crippen LogP contribution < -0.4 is 0 Å². The predicted molar refractivity (Wildman–Crippen MR) is 70.3 cm³/mol. The second kappa shape index (κ2) is 5.93. The van der Waals surface area contributed by atoms with Crippen molar-refractivity contribution in [3.63, 3.8) is 0 Å². The lowest BCUT2D eigenvalue weighted by molar-refractivity contribution is 0.0536. The summed E-state index contributed by atoms with van der Waals surface area (Å²) < 4.78 is 5.52. The van der Waals surface area contributed by atoms with Crippen LogP contribution in [0.3, 0.4) is 0 Å². The van der Waals surface area contributed by atoms with Gasteiger partial charge in [-0.1, -0.05) is 6.07 Å². The zero-order valence-electron chi connectivity index (χ0n) is 11.0. The van der Waals surface area contributed by atoms with Gasteiger partial charge in [-0.3, -0.25) is 4.79 Å². The van der Waals surface area contributed by atoms with E-state index in [-0.39, 0.29) is 29.1 Å². The Kier molecular flexibility index (Phi) is 4.27. The number of hydrogen-bond donors (Lipinski definition) is 2.